The molecule has 0 saturated carbocycles. The molecule has 6 nitrogen and oxygen atoms in total. The fourth-order valence-electron chi connectivity index (χ4n) is 3.15. The lowest BCUT2D eigenvalue weighted by molar-refractivity contribution is -0.227. The number of rotatable bonds is 3. The molecule has 1 unspecified atom stereocenters. The molecule has 1 fully saturated rings. The van der Waals surface area contributed by atoms with Crippen molar-refractivity contribution in [2.24, 2.45) is 5.41 Å². The predicted octanol–water partition coefficient (Wildman–Crippen LogP) is 2.66. The van der Waals surface area contributed by atoms with Crippen molar-refractivity contribution >= 4 is 11.9 Å². The third-order valence-corrected chi connectivity index (χ3v) is 4.70. The number of hydrogen-bond donors (Lipinski definition) is 1. The minimum atomic E-state index is -4.92. The van der Waals surface area contributed by atoms with Crippen molar-refractivity contribution in [1.82, 2.24) is 14.7 Å². The first-order chi connectivity index (χ1) is 12.2. The molecule has 26 heavy (non-hydrogen) atoms. The van der Waals surface area contributed by atoms with Gasteiger partial charge in [0.2, 0.25) is 0 Å². The molecule has 0 spiro atoms. The van der Waals surface area contributed by atoms with Gasteiger partial charge in [0.15, 0.2) is 5.41 Å². The Labute approximate surface area is 146 Å². The molecule has 1 aromatic carbocycles. The van der Waals surface area contributed by atoms with Gasteiger partial charge >= 0.3 is 12.1 Å². The Hall–Kier alpha value is -2.84. The zero-order chi connectivity index (χ0) is 19.1. The number of carbonyl (C=O) groups is 2. The van der Waals surface area contributed by atoms with Crippen LogP contribution in [-0.4, -0.2) is 50.9 Å². The van der Waals surface area contributed by atoms with Crippen molar-refractivity contribution in [3.63, 3.8) is 0 Å². The van der Waals surface area contributed by atoms with Crippen LogP contribution < -0.4 is 0 Å². The van der Waals surface area contributed by atoms with Crippen LogP contribution in [0.4, 0.5) is 13.2 Å². The maximum atomic E-state index is 13.3. The van der Waals surface area contributed by atoms with Gasteiger partial charge in [-0.25, -0.2) is 4.68 Å². The molecule has 3 rings (SSSR count). The molecule has 1 aliphatic rings. The van der Waals surface area contributed by atoms with Gasteiger partial charge in [-0.15, -0.1) is 0 Å². The topological polar surface area (TPSA) is 75.4 Å². The molecule has 2 heterocycles. The van der Waals surface area contributed by atoms with Crippen molar-refractivity contribution < 1.29 is 27.9 Å². The molecule has 138 valence electrons. The number of carbonyl (C=O) groups excluding carboxylic acids is 1. The molecule has 1 saturated heterocycles. The number of aryl methyl sites for hydroxylation is 1. The van der Waals surface area contributed by atoms with Gasteiger partial charge in [-0.3, -0.25) is 9.59 Å². The van der Waals surface area contributed by atoms with E-state index in [1.54, 1.807) is 42.2 Å². The number of carboxylic acid groups (broad SMARTS) is 1. The molecule has 1 aromatic heterocycles. The summed E-state index contributed by atoms with van der Waals surface area (Å²) in [6, 6.07) is 6.46. The molecule has 1 aliphatic heterocycles. The van der Waals surface area contributed by atoms with Crippen molar-refractivity contribution in [2.45, 2.75) is 19.5 Å². The lowest BCUT2D eigenvalue weighted by Gasteiger charge is -2.27. The minimum absolute atomic E-state index is 0.210. The zero-order valence-corrected chi connectivity index (χ0v) is 13.8. The van der Waals surface area contributed by atoms with Crippen LogP contribution >= 0.6 is 0 Å². The summed E-state index contributed by atoms with van der Waals surface area (Å²) < 4.78 is 41.4. The van der Waals surface area contributed by atoms with Gasteiger partial charge in [0.1, 0.15) is 0 Å². The average Bonchev–Trinajstić information content (AvgIpc) is 3.23. The third-order valence-electron chi connectivity index (χ3n) is 4.70. The summed E-state index contributed by atoms with van der Waals surface area (Å²) in [5.74, 6) is -2.57. The Balaban J connectivity index is 1.85. The Morgan fingerprint density at radius 2 is 2.04 bits per heavy atom. The molecule has 9 heteroatoms. The summed E-state index contributed by atoms with van der Waals surface area (Å²) in [5, 5.41) is 13.2. The summed E-state index contributed by atoms with van der Waals surface area (Å²) in [6.45, 7) is 0.615. The smallest absolute Gasteiger partial charge is 0.406 e. The number of halogens is 3. The molecule has 1 N–H and O–H groups in total. The van der Waals surface area contributed by atoms with E-state index < -0.39 is 36.4 Å². The maximum absolute atomic E-state index is 13.3. The highest BCUT2D eigenvalue weighted by molar-refractivity contribution is 5.95. The minimum Gasteiger partial charge on any atom is -0.481 e. The largest absolute Gasteiger partial charge is 0.481 e. The lowest BCUT2D eigenvalue weighted by atomic mass is 9.86. The van der Waals surface area contributed by atoms with Crippen molar-refractivity contribution in [1.29, 1.82) is 0 Å². The van der Waals surface area contributed by atoms with Gasteiger partial charge < -0.3 is 10.0 Å². The van der Waals surface area contributed by atoms with Crippen LogP contribution in [0.3, 0.4) is 0 Å². The summed E-state index contributed by atoms with van der Waals surface area (Å²) in [5.41, 5.74) is -1.24. The quantitative estimate of drug-likeness (QED) is 0.905. The fourth-order valence-corrected chi connectivity index (χ4v) is 3.15. The number of hydrogen-bond acceptors (Lipinski definition) is 3. The van der Waals surface area contributed by atoms with E-state index in [1.165, 1.54) is 6.07 Å². The van der Waals surface area contributed by atoms with Crippen molar-refractivity contribution in [3.05, 3.63) is 47.8 Å². The van der Waals surface area contributed by atoms with E-state index in [1.807, 2.05) is 0 Å². The Kier molecular flexibility index (Phi) is 4.25. The first-order valence-corrected chi connectivity index (χ1v) is 7.86. The van der Waals surface area contributed by atoms with E-state index in [9.17, 15) is 22.8 Å². The first kappa shape index (κ1) is 18.0. The van der Waals surface area contributed by atoms with E-state index in [0.29, 0.717) is 0 Å². The number of aromatic nitrogens is 2. The number of likely N-dealkylation sites (tertiary alicyclic amines) is 1. The molecule has 1 amide bonds. The maximum Gasteiger partial charge on any atom is 0.406 e. The van der Waals surface area contributed by atoms with Crippen LogP contribution in [0.2, 0.25) is 0 Å². The van der Waals surface area contributed by atoms with E-state index in [2.05, 4.69) is 5.10 Å². The van der Waals surface area contributed by atoms with Crippen LogP contribution in [0, 0.1) is 12.3 Å². The Bertz CT molecular complexity index is 849. The molecular weight excluding hydrogens is 351 g/mol. The van der Waals surface area contributed by atoms with Gasteiger partial charge in [0.05, 0.1) is 5.69 Å². The fraction of sp³-hybridized carbons (Fsp3) is 0.353. The number of alkyl halides is 3. The first-order valence-electron chi connectivity index (χ1n) is 7.86. The summed E-state index contributed by atoms with van der Waals surface area (Å²) in [6.07, 6.45) is -2.24. The van der Waals surface area contributed by atoms with Crippen LogP contribution in [-0.2, 0) is 4.79 Å². The number of nitrogens with zero attached hydrogens (tertiary/aromatic N) is 3. The van der Waals surface area contributed by atoms with E-state index in [4.69, 9.17) is 5.11 Å². The summed E-state index contributed by atoms with van der Waals surface area (Å²) in [7, 11) is 0. The van der Waals surface area contributed by atoms with E-state index in [-0.39, 0.29) is 12.1 Å². The van der Waals surface area contributed by atoms with Crippen molar-refractivity contribution in [2.75, 3.05) is 13.1 Å². The van der Waals surface area contributed by atoms with Gasteiger partial charge in [0.25, 0.3) is 5.91 Å². The van der Waals surface area contributed by atoms with Crippen LogP contribution in [0.5, 0.6) is 0 Å². The molecule has 0 bridgehead atoms. The molecule has 2 aromatic rings. The predicted molar refractivity (Wildman–Crippen MR) is 84.9 cm³/mol. The van der Waals surface area contributed by atoms with Crippen LogP contribution in [0.25, 0.3) is 5.69 Å². The number of aliphatic carboxylic acids is 1. The monoisotopic (exact) mass is 367 g/mol. The zero-order valence-electron chi connectivity index (χ0n) is 13.8. The highest BCUT2D eigenvalue weighted by atomic mass is 19.4. The molecular formula is C17H16F3N3O3. The van der Waals surface area contributed by atoms with Crippen LogP contribution in [0.15, 0.2) is 36.7 Å². The van der Waals surface area contributed by atoms with Gasteiger partial charge in [-0.05, 0) is 43.2 Å². The van der Waals surface area contributed by atoms with Gasteiger partial charge in [0, 0.05) is 31.0 Å². The number of benzene rings is 1. The highest BCUT2D eigenvalue weighted by Crippen LogP contribution is 2.46. The van der Waals surface area contributed by atoms with E-state index in [0.717, 1.165) is 16.2 Å². The second-order valence-electron chi connectivity index (χ2n) is 6.31. The molecule has 1 atom stereocenters. The van der Waals surface area contributed by atoms with Gasteiger partial charge in [-0.1, -0.05) is 0 Å². The second-order valence-corrected chi connectivity index (χ2v) is 6.31. The number of carboxylic acids is 1. The number of amides is 1. The average molecular weight is 367 g/mol. The third kappa shape index (κ3) is 2.83. The SMILES string of the molecule is Cc1cc(C(=O)N2CCC(C(=O)O)(C(F)(F)F)C2)ccc1-n1cccn1. The standard InChI is InChI=1S/C17H16F3N3O3/c1-11-9-12(3-4-13(11)23-7-2-6-21-23)14(24)22-8-5-16(10-22,15(25)26)17(18,19)20/h2-4,6-7,9H,5,8,10H2,1H3,(H,25,26). The van der Waals surface area contributed by atoms with E-state index >= 15 is 0 Å². The Morgan fingerprint density at radius 1 is 1.31 bits per heavy atom. The van der Waals surface area contributed by atoms with Crippen LogP contribution in [0.1, 0.15) is 22.3 Å². The second kappa shape index (κ2) is 6.15. The van der Waals surface area contributed by atoms with Crippen molar-refractivity contribution in [3.8, 4) is 5.69 Å². The Morgan fingerprint density at radius 3 is 2.54 bits per heavy atom. The summed E-state index contributed by atoms with van der Waals surface area (Å²) >= 11 is 0. The lowest BCUT2D eigenvalue weighted by Crippen LogP contribution is -2.47. The molecule has 0 radical (unpaired) electrons. The molecule has 0 aliphatic carbocycles. The highest BCUT2D eigenvalue weighted by Gasteiger charge is 2.64. The van der Waals surface area contributed by atoms with Gasteiger partial charge in [-0.2, -0.15) is 18.3 Å². The summed E-state index contributed by atoms with van der Waals surface area (Å²) in [4.78, 5) is 24.8. The normalized spacial score (nSPS) is 20.4.